The van der Waals surface area contributed by atoms with Gasteiger partial charge in [0, 0.05) is 60.0 Å². The van der Waals surface area contributed by atoms with E-state index in [0.29, 0.717) is 37.0 Å². The zero-order chi connectivity index (χ0) is 29.1. The van der Waals surface area contributed by atoms with Crippen LogP contribution in [0.2, 0.25) is 5.02 Å². The van der Waals surface area contributed by atoms with Crippen LogP contribution in [0, 0.1) is 5.92 Å². The summed E-state index contributed by atoms with van der Waals surface area (Å²) in [6.07, 6.45) is 2.12. The first-order valence-electron chi connectivity index (χ1n) is 14.5. The van der Waals surface area contributed by atoms with E-state index in [1.54, 1.807) is 11.8 Å². The van der Waals surface area contributed by atoms with E-state index in [2.05, 4.69) is 33.8 Å². The molecule has 42 heavy (non-hydrogen) atoms. The number of amides is 2. The topological polar surface area (TPSA) is 71.3 Å². The number of aromatic nitrogens is 3. The average Bonchev–Trinajstić information content (AvgIpc) is 3.72. The van der Waals surface area contributed by atoms with E-state index in [0.717, 1.165) is 40.8 Å². The quantitative estimate of drug-likeness (QED) is 0.166. The van der Waals surface area contributed by atoms with Crippen molar-refractivity contribution in [3.63, 3.8) is 0 Å². The maximum Gasteiger partial charge on any atom is 0.226 e. The molecule has 0 radical (unpaired) electrons. The summed E-state index contributed by atoms with van der Waals surface area (Å²) in [5, 5.41) is 10.4. The first kappa shape index (κ1) is 28.5. The van der Waals surface area contributed by atoms with Crippen LogP contribution < -0.4 is 0 Å². The van der Waals surface area contributed by atoms with Crippen molar-refractivity contribution in [2.75, 3.05) is 25.4 Å². The Morgan fingerprint density at radius 2 is 1.64 bits per heavy atom. The van der Waals surface area contributed by atoms with Crippen molar-refractivity contribution in [3.05, 3.63) is 95.5 Å². The number of hydrogen-bond acceptors (Lipinski definition) is 5. The van der Waals surface area contributed by atoms with Crippen LogP contribution in [0.25, 0.3) is 17.1 Å². The number of rotatable bonds is 9. The third-order valence-electron chi connectivity index (χ3n) is 8.11. The second-order valence-corrected chi connectivity index (χ2v) is 12.5. The molecule has 1 saturated carbocycles. The van der Waals surface area contributed by atoms with E-state index in [1.165, 1.54) is 5.56 Å². The standard InChI is InChI=1S/C33H34ClN5O2S/c1-23-22-37(18-19-38(23)32(41)29-21-28(29)24-9-4-2-5-10-24)30(40)13-8-20-42-33-36-35-31(25-14-16-26(34)17-15-25)39(33)27-11-6-3-7-12-27/h2-7,9-12,14-17,23,28-29H,8,13,18-22H2,1H3. The van der Waals surface area contributed by atoms with Crippen LogP contribution in [0.4, 0.5) is 0 Å². The normalized spacial score (nSPS) is 20.0. The molecule has 1 aliphatic carbocycles. The lowest BCUT2D eigenvalue weighted by Gasteiger charge is -2.40. The summed E-state index contributed by atoms with van der Waals surface area (Å²) in [4.78, 5) is 30.2. The fourth-order valence-electron chi connectivity index (χ4n) is 5.77. The fraction of sp³-hybridized carbons (Fsp3) is 0.333. The van der Waals surface area contributed by atoms with Crippen molar-refractivity contribution in [2.45, 2.75) is 43.3 Å². The number of carbonyl (C=O) groups excluding carboxylic acids is 2. The Morgan fingerprint density at radius 3 is 2.36 bits per heavy atom. The summed E-state index contributed by atoms with van der Waals surface area (Å²) in [5.74, 6) is 2.28. The number of nitrogens with zero attached hydrogens (tertiary/aromatic N) is 5. The zero-order valence-electron chi connectivity index (χ0n) is 23.6. The first-order valence-corrected chi connectivity index (χ1v) is 15.9. The van der Waals surface area contributed by atoms with E-state index in [1.807, 2.05) is 82.6 Å². The van der Waals surface area contributed by atoms with Gasteiger partial charge in [-0.3, -0.25) is 14.2 Å². The summed E-state index contributed by atoms with van der Waals surface area (Å²) < 4.78 is 2.05. The molecule has 0 spiro atoms. The highest BCUT2D eigenvalue weighted by Gasteiger charge is 2.47. The number of benzene rings is 3. The third-order valence-corrected chi connectivity index (χ3v) is 9.38. The molecule has 1 aliphatic heterocycles. The van der Waals surface area contributed by atoms with Crippen molar-refractivity contribution in [3.8, 4) is 17.1 Å². The lowest BCUT2D eigenvalue weighted by Crippen LogP contribution is -2.55. The summed E-state index contributed by atoms with van der Waals surface area (Å²) in [6, 6.07) is 28.0. The minimum atomic E-state index is 0.0253. The Kier molecular flexibility index (Phi) is 8.63. The number of para-hydroxylation sites is 1. The Labute approximate surface area is 255 Å². The zero-order valence-corrected chi connectivity index (χ0v) is 25.2. The molecule has 1 saturated heterocycles. The highest BCUT2D eigenvalue weighted by Crippen LogP contribution is 2.48. The summed E-state index contributed by atoms with van der Waals surface area (Å²) >= 11 is 7.70. The van der Waals surface area contributed by atoms with E-state index in [-0.39, 0.29) is 23.8 Å². The molecule has 2 fully saturated rings. The number of halogens is 1. The Hall–Kier alpha value is -3.62. The first-order chi connectivity index (χ1) is 20.5. The van der Waals surface area contributed by atoms with Crippen LogP contribution in [0.5, 0.6) is 0 Å². The molecule has 1 aromatic heterocycles. The predicted molar refractivity (Wildman–Crippen MR) is 167 cm³/mol. The summed E-state index contributed by atoms with van der Waals surface area (Å²) in [5.41, 5.74) is 3.16. The molecule has 9 heteroatoms. The number of piperazine rings is 1. The van der Waals surface area contributed by atoms with Crippen LogP contribution in [0.1, 0.15) is 37.7 Å². The van der Waals surface area contributed by atoms with Gasteiger partial charge in [0.05, 0.1) is 0 Å². The van der Waals surface area contributed by atoms with Crippen molar-refractivity contribution in [1.29, 1.82) is 0 Å². The van der Waals surface area contributed by atoms with Crippen LogP contribution in [-0.2, 0) is 9.59 Å². The highest BCUT2D eigenvalue weighted by atomic mass is 35.5. The molecule has 3 unspecified atom stereocenters. The fourth-order valence-corrected chi connectivity index (χ4v) is 6.78. The van der Waals surface area contributed by atoms with Gasteiger partial charge in [-0.2, -0.15) is 0 Å². The van der Waals surface area contributed by atoms with E-state index in [9.17, 15) is 9.59 Å². The highest BCUT2D eigenvalue weighted by molar-refractivity contribution is 7.99. The number of thioether (sulfide) groups is 1. The third kappa shape index (κ3) is 6.25. The average molecular weight is 600 g/mol. The molecular formula is C33H34ClN5O2S. The van der Waals surface area contributed by atoms with Crippen molar-refractivity contribution < 1.29 is 9.59 Å². The summed E-state index contributed by atoms with van der Waals surface area (Å²) in [6.45, 7) is 3.85. The molecule has 0 N–H and O–H groups in total. The molecule has 6 rings (SSSR count). The van der Waals surface area contributed by atoms with Crippen LogP contribution in [-0.4, -0.2) is 67.8 Å². The van der Waals surface area contributed by atoms with Gasteiger partial charge in [0.1, 0.15) is 0 Å². The molecule has 2 amide bonds. The van der Waals surface area contributed by atoms with Gasteiger partial charge >= 0.3 is 0 Å². The lowest BCUT2D eigenvalue weighted by molar-refractivity contribution is -0.143. The second-order valence-electron chi connectivity index (χ2n) is 11.0. The molecule has 2 heterocycles. The van der Waals surface area contributed by atoms with Gasteiger partial charge in [0.15, 0.2) is 11.0 Å². The molecule has 3 aromatic carbocycles. The molecule has 0 bridgehead atoms. The predicted octanol–water partition coefficient (Wildman–Crippen LogP) is 6.32. The largest absolute Gasteiger partial charge is 0.339 e. The SMILES string of the molecule is CC1CN(C(=O)CCCSc2nnc(-c3ccc(Cl)cc3)n2-c2ccccc2)CCN1C(=O)C1CC1c1ccccc1. The van der Waals surface area contributed by atoms with Gasteiger partial charge in [0.2, 0.25) is 11.8 Å². The maximum atomic E-state index is 13.2. The number of carbonyl (C=O) groups is 2. The van der Waals surface area contributed by atoms with Crippen LogP contribution in [0.3, 0.4) is 0 Å². The van der Waals surface area contributed by atoms with Gasteiger partial charge in [-0.25, -0.2) is 0 Å². The summed E-state index contributed by atoms with van der Waals surface area (Å²) in [7, 11) is 0. The molecule has 7 nitrogen and oxygen atoms in total. The molecule has 216 valence electrons. The Balaban J connectivity index is 1.01. The Bertz CT molecular complexity index is 1530. The van der Waals surface area contributed by atoms with E-state index in [4.69, 9.17) is 11.6 Å². The minimum absolute atomic E-state index is 0.0253. The van der Waals surface area contributed by atoms with Gasteiger partial charge in [-0.15, -0.1) is 10.2 Å². The Morgan fingerprint density at radius 1 is 0.929 bits per heavy atom. The second kappa shape index (κ2) is 12.7. The van der Waals surface area contributed by atoms with Crippen LogP contribution in [0.15, 0.2) is 90.1 Å². The van der Waals surface area contributed by atoms with Gasteiger partial charge in [0.25, 0.3) is 0 Å². The number of hydrogen-bond donors (Lipinski definition) is 0. The molecule has 2 aliphatic rings. The maximum absolute atomic E-state index is 13.2. The van der Waals surface area contributed by atoms with Crippen molar-refractivity contribution >= 4 is 35.2 Å². The monoisotopic (exact) mass is 599 g/mol. The van der Waals surface area contributed by atoms with Gasteiger partial charge in [-0.1, -0.05) is 71.9 Å². The van der Waals surface area contributed by atoms with Gasteiger partial charge in [-0.05, 0) is 67.6 Å². The van der Waals surface area contributed by atoms with Crippen LogP contribution >= 0.6 is 23.4 Å². The van der Waals surface area contributed by atoms with E-state index < -0.39 is 0 Å². The molecule has 4 aromatic rings. The van der Waals surface area contributed by atoms with E-state index >= 15 is 0 Å². The van der Waals surface area contributed by atoms with Crippen molar-refractivity contribution in [1.82, 2.24) is 24.6 Å². The molecule has 3 atom stereocenters. The smallest absolute Gasteiger partial charge is 0.226 e. The molecular weight excluding hydrogens is 566 g/mol. The minimum Gasteiger partial charge on any atom is -0.339 e. The van der Waals surface area contributed by atoms with Crippen molar-refractivity contribution in [2.24, 2.45) is 5.92 Å². The van der Waals surface area contributed by atoms with Gasteiger partial charge < -0.3 is 9.80 Å². The lowest BCUT2D eigenvalue weighted by atomic mass is 10.1.